The normalized spacial score (nSPS) is 9.21. The molecule has 0 unspecified atom stereocenters. The Morgan fingerprint density at radius 2 is 1.86 bits per heavy atom. The maximum absolute atomic E-state index is 11.4. The summed E-state index contributed by atoms with van der Waals surface area (Å²) in [6.07, 6.45) is 0. The molecule has 0 aliphatic carbocycles. The first-order chi connectivity index (χ1) is 6.59. The highest BCUT2D eigenvalue weighted by Gasteiger charge is 2.03. The SMILES string of the molecule is NC(=S)NNC(=O)c1ccc(Br)cc1. The largest absolute Gasteiger partial charge is 0.375 e. The first-order valence-corrected chi connectivity index (χ1v) is 4.91. The van der Waals surface area contributed by atoms with Gasteiger partial charge in [-0.2, -0.15) is 0 Å². The zero-order chi connectivity index (χ0) is 10.6. The Bertz CT molecular complexity index is 352. The molecule has 0 aliphatic rings. The Labute approximate surface area is 95.0 Å². The first kappa shape index (κ1) is 10.9. The summed E-state index contributed by atoms with van der Waals surface area (Å²) in [7, 11) is 0. The molecule has 6 heteroatoms. The predicted molar refractivity (Wildman–Crippen MR) is 61.5 cm³/mol. The Morgan fingerprint density at radius 1 is 1.29 bits per heavy atom. The van der Waals surface area contributed by atoms with Crippen LogP contribution in [0.4, 0.5) is 0 Å². The molecule has 0 saturated carbocycles. The molecule has 1 aromatic carbocycles. The van der Waals surface area contributed by atoms with E-state index in [1.807, 2.05) is 0 Å². The van der Waals surface area contributed by atoms with Crippen molar-refractivity contribution >= 4 is 39.2 Å². The third kappa shape index (κ3) is 3.31. The van der Waals surface area contributed by atoms with Crippen molar-refractivity contribution in [3.63, 3.8) is 0 Å². The Balaban J connectivity index is 2.61. The average Bonchev–Trinajstić information content (AvgIpc) is 2.15. The zero-order valence-corrected chi connectivity index (χ0v) is 9.48. The molecule has 1 amide bonds. The fourth-order valence-electron chi connectivity index (χ4n) is 0.792. The van der Waals surface area contributed by atoms with Crippen molar-refractivity contribution in [3.05, 3.63) is 34.3 Å². The van der Waals surface area contributed by atoms with Crippen LogP contribution in [-0.4, -0.2) is 11.0 Å². The van der Waals surface area contributed by atoms with Crippen LogP contribution in [0.3, 0.4) is 0 Å². The van der Waals surface area contributed by atoms with Gasteiger partial charge in [0.15, 0.2) is 5.11 Å². The monoisotopic (exact) mass is 273 g/mol. The zero-order valence-electron chi connectivity index (χ0n) is 7.08. The molecule has 0 fully saturated rings. The van der Waals surface area contributed by atoms with Crippen LogP contribution in [0.15, 0.2) is 28.7 Å². The Kier molecular flexibility index (Phi) is 3.84. The number of halogens is 1. The van der Waals surface area contributed by atoms with Crippen molar-refractivity contribution in [2.24, 2.45) is 5.73 Å². The van der Waals surface area contributed by atoms with Gasteiger partial charge in [0.05, 0.1) is 0 Å². The fourth-order valence-corrected chi connectivity index (χ4v) is 1.11. The van der Waals surface area contributed by atoms with Gasteiger partial charge < -0.3 is 5.73 Å². The van der Waals surface area contributed by atoms with E-state index in [1.54, 1.807) is 24.3 Å². The number of benzene rings is 1. The lowest BCUT2D eigenvalue weighted by Gasteiger charge is -2.05. The van der Waals surface area contributed by atoms with E-state index in [-0.39, 0.29) is 11.0 Å². The van der Waals surface area contributed by atoms with E-state index >= 15 is 0 Å². The first-order valence-electron chi connectivity index (χ1n) is 3.71. The molecule has 74 valence electrons. The molecular formula is C8H8BrN3OS. The van der Waals surface area contributed by atoms with Gasteiger partial charge in [0.25, 0.3) is 5.91 Å². The van der Waals surface area contributed by atoms with E-state index in [0.29, 0.717) is 5.56 Å². The number of amides is 1. The summed E-state index contributed by atoms with van der Waals surface area (Å²) in [6, 6.07) is 6.91. The minimum absolute atomic E-state index is 0.0236. The molecule has 14 heavy (non-hydrogen) atoms. The van der Waals surface area contributed by atoms with Gasteiger partial charge in [0.1, 0.15) is 0 Å². The topological polar surface area (TPSA) is 67.2 Å². The summed E-state index contributed by atoms with van der Waals surface area (Å²) in [6.45, 7) is 0. The lowest BCUT2D eigenvalue weighted by atomic mass is 10.2. The molecule has 0 saturated heterocycles. The predicted octanol–water partition coefficient (Wildman–Crippen LogP) is 0.927. The molecule has 0 atom stereocenters. The lowest BCUT2D eigenvalue weighted by Crippen LogP contribution is -2.44. The highest BCUT2D eigenvalue weighted by molar-refractivity contribution is 9.10. The molecule has 0 spiro atoms. The third-order valence-electron chi connectivity index (χ3n) is 1.41. The van der Waals surface area contributed by atoms with Crippen molar-refractivity contribution in [2.45, 2.75) is 0 Å². The number of nitrogens with one attached hydrogen (secondary N) is 2. The number of hydrogen-bond acceptors (Lipinski definition) is 2. The number of carbonyl (C=O) groups excluding carboxylic acids is 1. The lowest BCUT2D eigenvalue weighted by molar-refractivity contribution is 0.0944. The van der Waals surface area contributed by atoms with Crippen molar-refractivity contribution in [2.75, 3.05) is 0 Å². The van der Waals surface area contributed by atoms with E-state index in [9.17, 15) is 4.79 Å². The van der Waals surface area contributed by atoms with E-state index < -0.39 is 0 Å². The van der Waals surface area contributed by atoms with Gasteiger partial charge in [0, 0.05) is 10.0 Å². The summed E-state index contributed by atoms with van der Waals surface area (Å²) in [5.41, 5.74) is 10.4. The van der Waals surface area contributed by atoms with E-state index in [0.717, 1.165) is 4.47 Å². The van der Waals surface area contributed by atoms with E-state index in [2.05, 4.69) is 39.0 Å². The van der Waals surface area contributed by atoms with Crippen LogP contribution in [0.2, 0.25) is 0 Å². The van der Waals surface area contributed by atoms with Gasteiger partial charge in [-0.15, -0.1) is 0 Å². The Morgan fingerprint density at radius 3 is 2.36 bits per heavy atom. The quantitative estimate of drug-likeness (QED) is 0.526. The van der Waals surface area contributed by atoms with Crippen molar-refractivity contribution in [1.82, 2.24) is 10.9 Å². The van der Waals surface area contributed by atoms with Crippen LogP contribution in [0.1, 0.15) is 10.4 Å². The van der Waals surface area contributed by atoms with Crippen LogP contribution >= 0.6 is 28.1 Å². The summed E-state index contributed by atoms with van der Waals surface area (Å²) in [5, 5.41) is 0.0236. The molecule has 1 rings (SSSR count). The smallest absolute Gasteiger partial charge is 0.269 e. The van der Waals surface area contributed by atoms with Crippen molar-refractivity contribution in [3.8, 4) is 0 Å². The standard InChI is InChI=1S/C8H8BrN3OS/c9-6-3-1-5(2-4-6)7(13)11-12-8(10)14/h1-4H,(H,11,13)(H3,10,12,14). The van der Waals surface area contributed by atoms with Gasteiger partial charge in [-0.05, 0) is 36.5 Å². The maximum Gasteiger partial charge on any atom is 0.269 e. The number of hydrazine groups is 1. The number of carbonyl (C=O) groups is 1. The van der Waals surface area contributed by atoms with Gasteiger partial charge in [0.2, 0.25) is 0 Å². The van der Waals surface area contributed by atoms with Gasteiger partial charge >= 0.3 is 0 Å². The van der Waals surface area contributed by atoms with Crippen molar-refractivity contribution < 1.29 is 4.79 Å². The highest BCUT2D eigenvalue weighted by Crippen LogP contribution is 2.09. The molecule has 4 nitrogen and oxygen atoms in total. The summed E-state index contributed by atoms with van der Waals surface area (Å²) >= 11 is 7.80. The highest BCUT2D eigenvalue weighted by atomic mass is 79.9. The molecule has 4 N–H and O–H groups in total. The summed E-state index contributed by atoms with van der Waals surface area (Å²) in [4.78, 5) is 11.4. The minimum Gasteiger partial charge on any atom is -0.375 e. The Hall–Kier alpha value is -1.14. The minimum atomic E-state index is -0.287. The second-order valence-electron chi connectivity index (χ2n) is 2.45. The van der Waals surface area contributed by atoms with E-state index in [4.69, 9.17) is 5.73 Å². The summed E-state index contributed by atoms with van der Waals surface area (Å²) in [5.74, 6) is -0.287. The van der Waals surface area contributed by atoms with Crippen LogP contribution in [0.25, 0.3) is 0 Å². The molecule has 1 aromatic rings. The second-order valence-corrected chi connectivity index (χ2v) is 3.81. The number of nitrogens with two attached hydrogens (primary N) is 1. The third-order valence-corrected chi connectivity index (χ3v) is 2.04. The van der Waals surface area contributed by atoms with Gasteiger partial charge in [-0.1, -0.05) is 15.9 Å². The van der Waals surface area contributed by atoms with Crippen molar-refractivity contribution in [1.29, 1.82) is 0 Å². The molecular weight excluding hydrogens is 266 g/mol. The van der Waals surface area contributed by atoms with Gasteiger partial charge in [-0.25, -0.2) is 0 Å². The number of thiocarbonyl (C=S) groups is 1. The average molecular weight is 274 g/mol. The maximum atomic E-state index is 11.4. The second kappa shape index (κ2) is 4.92. The number of hydrogen-bond donors (Lipinski definition) is 3. The number of rotatable bonds is 1. The van der Waals surface area contributed by atoms with Crippen LogP contribution < -0.4 is 16.6 Å². The summed E-state index contributed by atoms with van der Waals surface area (Å²) < 4.78 is 0.913. The fraction of sp³-hybridized carbons (Fsp3) is 0. The molecule has 0 aromatic heterocycles. The molecule has 0 aliphatic heterocycles. The molecule has 0 heterocycles. The van der Waals surface area contributed by atoms with Gasteiger partial charge in [-0.3, -0.25) is 15.6 Å². The molecule has 0 bridgehead atoms. The molecule has 0 radical (unpaired) electrons. The van der Waals surface area contributed by atoms with Crippen LogP contribution in [-0.2, 0) is 0 Å². The van der Waals surface area contributed by atoms with Crippen LogP contribution in [0, 0.1) is 0 Å². The van der Waals surface area contributed by atoms with Crippen LogP contribution in [0.5, 0.6) is 0 Å². The van der Waals surface area contributed by atoms with E-state index in [1.165, 1.54) is 0 Å².